The topological polar surface area (TPSA) is 33.2 Å². The Hall–Kier alpha value is -1.80. The van der Waals surface area contributed by atoms with Crippen LogP contribution in [0.3, 0.4) is 0 Å². The van der Waals surface area contributed by atoms with Gasteiger partial charge in [-0.25, -0.2) is 0 Å². The number of hydrogen-bond acceptors (Lipinski definition) is 2. The van der Waals surface area contributed by atoms with E-state index in [0.29, 0.717) is 5.56 Å². The molecule has 0 aliphatic heterocycles. The largest absolute Gasteiger partial charge is 0.406 e. The lowest BCUT2D eigenvalue weighted by atomic mass is 10.2. The first kappa shape index (κ1) is 17.3. The molecule has 21 heavy (non-hydrogen) atoms. The molecule has 3 nitrogen and oxygen atoms in total. The molecule has 1 aromatic heterocycles. The van der Waals surface area contributed by atoms with Crippen LogP contribution in [0.25, 0.3) is 0 Å². The first-order chi connectivity index (χ1) is 9.48. The van der Waals surface area contributed by atoms with Gasteiger partial charge in [-0.05, 0) is 18.6 Å². The van der Waals surface area contributed by atoms with Crippen molar-refractivity contribution in [3.8, 4) is 0 Å². The fourth-order valence-electron chi connectivity index (χ4n) is 1.59. The summed E-state index contributed by atoms with van der Waals surface area (Å²) in [5.74, 6) is -1.13. The second-order valence-corrected chi connectivity index (χ2v) is 4.46. The quantitative estimate of drug-likeness (QED) is 0.799. The highest BCUT2D eigenvalue weighted by molar-refractivity contribution is 5.94. The van der Waals surface area contributed by atoms with E-state index in [1.54, 1.807) is 6.92 Å². The number of carbonyl (C=O) groups excluding carboxylic acids is 1. The third kappa shape index (κ3) is 6.46. The fourth-order valence-corrected chi connectivity index (χ4v) is 1.59. The van der Waals surface area contributed by atoms with Crippen molar-refractivity contribution in [2.45, 2.75) is 25.7 Å². The van der Waals surface area contributed by atoms with Crippen LogP contribution in [-0.2, 0) is 0 Å². The van der Waals surface area contributed by atoms with Gasteiger partial charge in [-0.2, -0.15) is 26.3 Å². The average Bonchev–Trinajstić information content (AvgIpc) is 2.31. The normalized spacial score (nSPS) is 12.3. The molecule has 0 saturated carbocycles. The van der Waals surface area contributed by atoms with Crippen molar-refractivity contribution in [3.05, 3.63) is 29.6 Å². The van der Waals surface area contributed by atoms with E-state index >= 15 is 0 Å². The maximum absolute atomic E-state index is 12.4. The molecular weight excluding hydrogens is 302 g/mol. The van der Waals surface area contributed by atoms with Gasteiger partial charge in [0.25, 0.3) is 5.91 Å². The molecule has 0 aliphatic carbocycles. The first-order valence-electron chi connectivity index (χ1n) is 5.82. The number of aryl methyl sites for hydroxylation is 1. The first-order valence-corrected chi connectivity index (χ1v) is 5.82. The highest BCUT2D eigenvalue weighted by Crippen LogP contribution is 2.23. The van der Waals surface area contributed by atoms with Crippen molar-refractivity contribution in [3.63, 3.8) is 0 Å². The smallest absolute Gasteiger partial charge is 0.329 e. The molecule has 1 aromatic rings. The fraction of sp³-hybridized carbons (Fsp3) is 0.500. The lowest BCUT2D eigenvalue weighted by molar-refractivity contribution is -0.155. The maximum atomic E-state index is 12.4. The number of alkyl halides is 6. The van der Waals surface area contributed by atoms with Gasteiger partial charge >= 0.3 is 12.4 Å². The highest BCUT2D eigenvalue weighted by atomic mass is 19.4. The van der Waals surface area contributed by atoms with Crippen molar-refractivity contribution in [1.29, 1.82) is 0 Å². The number of halogens is 6. The molecule has 0 radical (unpaired) electrons. The van der Waals surface area contributed by atoms with E-state index in [9.17, 15) is 31.1 Å². The van der Waals surface area contributed by atoms with Gasteiger partial charge in [0.2, 0.25) is 0 Å². The Morgan fingerprint density at radius 3 is 2.24 bits per heavy atom. The van der Waals surface area contributed by atoms with E-state index in [4.69, 9.17) is 0 Å². The molecule has 9 heteroatoms. The van der Waals surface area contributed by atoms with Gasteiger partial charge in [-0.1, -0.05) is 0 Å². The van der Waals surface area contributed by atoms with Gasteiger partial charge in [-0.3, -0.25) is 9.78 Å². The predicted octanol–water partition coefficient (Wildman–Crippen LogP) is 3.35. The molecule has 0 N–H and O–H groups in total. The lowest BCUT2D eigenvalue weighted by Gasteiger charge is -2.24. The van der Waals surface area contributed by atoms with Crippen LogP contribution in [0.2, 0.25) is 0 Å². The summed E-state index contributed by atoms with van der Waals surface area (Å²) in [5, 5.41) is 0. The van der Waals surface area contributed by atoms with Gasteiger partial charge in [0.1, 0.15) is 6.54 Å². The minimum atomic E-state index is -4.78. The minimum Gasteiger partial charge on any atom is -0.329 e. The SMILES string of the molecule is Cc1cncc(C(=O)N(CCC(F)(F)F)CC(F)(F)F)c1. The Morgan fingerprint density at radius 2 is 1.76 bits per heavy atom. The molecule has 0 saturated heterocycles. The van der Waals surface area contributed by atoms with Crippen molar-refractivity contribution in [1.82, 2.24) is 9.88 Å². The Kier molecular flexibility index (Phi) is 5.19. The molecule has 0 aromatic carbocycles. The monoisotopic (exact) mass is 314 g/mol. The lowest BCUT2D eigenvalue weighted by Crippen LogP contribution is -2.40. The molecule has 1 rings (SSSR count). The number of pyridine rings is 1. The van der Waals surface area contributed by atoms with Gasteiger partial charge in [0, 0.05) is 18.9 Å². The highest BCUT2D eigenvalue weighted by Gasteiger charge is 2.36. The Balaban J connectivity index is 2.92. The molecule has 0 spiro atoms. The molecule has 0 fully saturated rings. The van der Waals surface area contributed by atoms with Crippen molar-refractivity contribution in [2.75, 3.05) is 13.1 Å². The number of hydrogen-bond donors (Lipinski definition) is 0. The summed E-state index contributed by atoms with van der Waals surface area (Å²) in [5.41, 5.74) is 0.338. The average molecular weight is 314 g/mol. The van der Waals surface area contributed by atoms with E-state index in [0.717, 1.165) is 6.20 Å². The molecule has 118 valence electrons. The summed E-state index contributed by atoms with van der Waals surface area (Å²) in [4.78, 5) is 15.7. The molecule has 0 unspecified atom stereocenters. The van der Waals surface area contributed by atoms with Crippen LogP contribution < -0.4 is 0 Å². The molecule has 0 aliphatic rings. The molecule has 0 atom stereocenters. The van der Waals surface area contributed by atoms with E-state index in [1.807, 2.05) is 0 Å². The van der Waals surface area contributed by atoms with Crippen molar-refractivity contribution in [2.24, 2.45) is 0 Å². The Labute approximate surface area is 116 Å². The van der Waals surface area contributed by atoms with Crippen molar-refractivity contribution < 1.29 is 31.1 Å². The number of carbonyl (C=O) groups is 1. The second kappa shape index (κ2) is 6.31. The summed E-state index contributed by atoms with van der Waals surface area (Å²) >= 11 is 0. The van der Waals surface area contributed by atoms with Crippen LogP contribution in [0.5, 0.6) is 0 Å². The van der Waals surface area contributed by atoms with Crippen LogP contribution in [0.1, 0.15) is 22.3 Å². The summed E-state index contributed by atoms with van der Waals surface area (Å²) in [7, 11) is 0. The van der Waals surface area contributed by atoms with E-state index in [1.165, 1.54) is 12.3 Å². The van der Waals surface area contributed by atoms with Gasteiger partial charge < -0.3 is 4.90 Å². The number of rotatable bonds is 4. The van der Waals surface area contributed by atoms with Crippen molar-refractivity contribution >= 4 is 5.91 Å². The third-order valence-corrected chi connectivity index (χ3v) is 2.44. The maximum Gasteiger partial charge on any atom is 0.406 e. The summed E-state index contributed by atoms with van der Waals surface area (Å²) in [6.07, 6.45) is -8.53. The third-order valence-electron chi connectivity index (χ3n) is 2.44. The minimum absolute atomic E-state index is 0.129. The number of nitrogens with zero attached hydrogens (tertiary/aromatic N) is 2. The standard InChI is InChI=1S/C12H12F6N2O/c1-8-4-9(6-19-5-8)10(21)20(7-12(16,17)18)3-2-11(13,14)15/h4-6H,2-3,7H2,1H3. The molecule has 0 bridgehead atoms. The zero-order valence-corrected chi connectivity index (χ0v) is 10.9. The zero-order chi connectivity index (χ0) is 16.3. The predicted molar refractivity (Wildman–Crippen MR) is 61.6 cm³/mol. The van der Waals surface area contributed by atoms with Crippen LogP contribution >= 0.6 is 0 Å². The Bertz CT molecular complexity index is 497. The molecule has 1 amide bonds. The van der Waals surface area contributed by atoms with E-state index in [-0.39, 0.29) is 10.5 Å². The molecule has 1 heterocycles. The van der Waals surface area contributed by atoms with Gasteiger partial charge in [0.15, 0.2) is 0 Å². The summed E-state index contributed by atoms with van der Waals surface area (Å²) in [6, 6.07) is 1.27. The van der Waals surface area contributed by atoms with Gasteiger partial charge in [0.05, 0.1) is 12.0 Å². The summed E-state index contributed by atoms with van der Waals surface area (Å²) in [6.45, 7) is -1.24. The number of aromatic nitrogens is 1. The zero-order valence-electron chi connectivity index (χ0n) is 10.9. The van der Waals surface area contributed by atoms with Crippen LogP contribution in [0.15, 0.2) is 18.5 Å². The van der Waals surface area contributed by atoms with Gasteiger partial charge in [-0.15, -0.1) is 0 Å². The van der Waals surface area contributed by atoms with Crippen LogP contribution in [0.4, 0.5) is 26.3 Å². The van der Waals surface area contributed by atoms with E-state index in [2.05, 4.69) is 4.98 Å². The van der Waals surface area contributed by atoms with E-state index < -0.39 is 37.8 Å². The molecular formula is C12H12F6N2O. The second-order valence-electron chi connectivity index (χ2n) is 4.46. The summed E-state index contributed by atoms with van der Waals surface area (Å²) < 4.78 is 73.6. The van der Waals surface area contributed by atoms with Crippen LogP contribution in [-0.4, -0.2) is 41.2 Å². The number of amides is 1. The Morgan fingerprint density at radius 1 is 1.14 bits per heavy atom. The van der Waals surface area contributed by atoms with Crippen LogP contribution in [0, 0.1) is 6.92 Å².